The van der Waals surface area contributed by atoms with E-state index in [0.29, 0.717) is 0 Å². The molecule has 4 nitrogen and oxygen atoms in total. The van der Waals surface area contributed by atoms with Crippen LogP contribution in [0.15, 0.2) is 35.7 Å². The fraction of sp³-hybridized carbons (Fsp3) is 0.450. The molecule has 1 amide bonds. The quantitative estimate of drug-likeness (QED) is 0.914. The highest BCUT2D eigenvalue weighted by Gasteiger charge is 2.48. The number of hydrogen-bond donors (Lipinski definition) is 1. The highest BCUT2D eigenvalue weighted by Crippen LogP contribution is 2.43. The number of nitrogens with one attached hydrogen (secondary N) is 1. The first-order valence-corrected chi connectivity index (χ1v) is 9.79. The Morgan fingerprint density at radius 2 is 2.16 bits per heavy atom. The second-order valence-electron chi connectivity index (χ2n) is 7.56. The van der Waals surface area contributed by atoms with Crippen molar-refractivity contribution in [1.29, 1.82) is 0 Å². The van der Waals surface area contributed by atoms with Crippen LogP contribution in [0, 0.1) is 0 Å². The molecule has 1 spiro atoms. The Hall–Kier alpha value is -1.69. The van der Waals surface area contributed by atoms with E-state index < -0.39 is 0 Å². The number of piperidine rings is 1. The number of amides is 1. The van der Waals surface area contributed by atoms with Crippen molar-refractivity contribution in [1.82, 2.24) is 9.80 Å². The third kappa shape index (κ3) is 3.12. The molecule has 1 atom stereocenters. The number of benzene rings is 1. The zero-order valence-electron chi connectivity index (χ0n) is 14.9. The Labute approximate surface area is 153 Å². The molecule has 2 aliphatic heterocycles. The molecule has 1 aromatic carbocycles. The van der Waals surface area contributed by atoms with Crippen LogP contribution < -0.4 is 5.32 Å². The molecule has 25 heavy (non-hydrogen) atoms. The van der Waals surface area contributed by atoms with Gasteiger partial charge in [0.2, 0.25) is 5.91 Å². The highest BCUT2D eigenvalue weighted by atomic mass is 32.1. The number of carbonyl (C=O) groups excluding carboxylic acids is 1. The predicted octanol–water partition coefficient (Wildman–Crippen LogP) is 3.30. The molecule has 0 aliphatic carbocycles. The maximum absolute atomic E-state index is 12.8. The van der Waals surface area contributed by atoms with Crippen LogP contribution in [0.5, 0.6) is 0 Å². The van der Waals surface area contributed by atoms with E-state index >= 15 is 0 Å². The second kappa shape index (κ2) is 6.56. The van der Waals surface area contributed by atoms with E-state index in [4.69, 9.17) is 0 Å². The average molecular weight is 356 g/mol. The van der Waals surface area contributed by atoms with Crippen LogP contribution in [-0.2, 0) is 23.3 Å². The summed E-state index contributed by atoms with van der Waals surface area (Å²) in [6, 6.07) is 10.5. The molecule has 3 heterocycles. The van der Waals surface area contributed by atoms with Crippen molar-refractivity contribution in [2.45, 2.75) is 31.3 Å². The van der Waals surface area contributed by atoms with E-state index in [-0.39, 0.29) is 11.3 Å². The SMILES string of the molecule is CN(C)Cc1csc(CN2CCC[C@@]3(C2)C(=O)Nc2ccccc23)c1. The molecule has 1 N–H and O–H groups in total. The minimum Gasteiger partial charge on any atom is -0.325 e. The molecule has 0 bridgehead atoms. The van der Waals surface area contributed by atoms with Crippen molar-refractivity contribution in [3.05, 3.63) is 51.7 Å². The third-order valence-corrected chi connectivity index (χ3v) is 6.25. The van der Waals surface area contributed by atoms with Crippen LogP contribution in [-0.4, -0.2) is 42.9 Å². The smallest absolute Gasteiger partial charge is 0.236 e. The lowest BCUT2D eigenvalue weighted by Gasteiger charge is -2.38. The number of rotatable bonds is 4. The number of anilines is 1. The highest BCUT2D eigenvalue weighted by molar-refractivity contribution is 7.10. The maximum Gasteiger partial charge on any atom is 0.236 e. The third-order valence-electron chi connectivity index (χ3n) is 5.28. The number of fused-ring (bicyclic) bond motifs is 2. The minimum atomic E-state index is -0.363. The Morgan fingerprint density at radius 1 is 1.32 bits per heavy atom. The molecular weight excluding hydrogens is 330 g/mol. The van der Waals surface area contributed by atoms with Crippen LogP contribution in [0.25, 0.3) is 0 Å². The lowest BCUT2D eigenvalue weighted by atomic mass is 9.75. The largest absolute Gasteiger partial charge is 0.325 e. The van der Waals surface area contributed by atoms with Gasteiger partial charge in [-0.3, -0.25) is 9.69 Å². The van der Waals surface area contributed by atoms with Crippen molar-refractivity contribution < 1.29 is 4.79 Å². The van der Waals surface area contributed by atoms with Gasteiger partial charge >= 0.3 is 0 Å². The molecular formula is C20H25N3OS. The van der Waals surface area contributed by atoms with E-state index in [1.54, 1.807) is 0 Å². The summed E-state index contributed by atoms with van der Waals surface area (Å²) in [6.07, 6.45) is 2.01. The van der Waals surface area contributed by atoms with Gasteiger partial charge in [0.1, 0.15) is 0 Å². The van der Waals surface area contributed by atoms with E-state index in [2.05, 4.69) is 46.7 Å². The summed E-state index contributed by atoms with van der Waals surface area (Å²) in [6.45, 7) is 3.81. The maximum atomic E-state index is 12.8. The van der Waals surface area contributed by atoms with Crippen LogP contribution in [0.2, 0.25) is 0 Å². The molecule has 1 fully saturated rings. The molecule has 2 aliphatic rings. The molecule has 0 saturated carbocycles. The first-order valence-electron chi connectivity index (χ1n) is 8.91. The van der Waals surface area contributed by atoms with E-state index in [9.17, 15) is 4.79 Å². The molecule has 132 valence electrons. The summed E-state index contributed by atoms with van der Waals surface area (Å²) in [5.74, 6) is 0.179. The Bertz CT molecular complexity index is 785. The molecule has 4 rings (SSSR count). The molecule has 1 saturated heterocycles. The van der Waals surface area contributed by atoms with Crippen LogP contribution in [0.1, 0.15) is 28.8 Å². The van der Waals surface area contributed by atoms with Crippen molar-refractivity contribution in [3.63, 3.8) is 0 Å². The number of para-hydroxylation sites is 1. The number of likely N-dealkylation sites (tertiary alicyclic amines) is 1. The van der Waals surface area contributed by atoms with Crippen LogP contribution in [0.4, 0.5) is 5.69 Å². The zero-order chi connectivity index (χ0) is 17.4. The average Bonchev–Trinajstić information content (AvgIpc) is 3.11. The lowest BCUT2D eigenvalue weighted by molar-refractivity contribution is -0.122. The van der Waals surface area contributed by atoms with Crippen LogP contribution in [0.3, 0.4) is 0 Å². The van der Waals surface area contributed by atoms with Gasteiger partial charge in [0, 0.05) is 30.2 Å². The first-order chi connectivity index (χ1) is 12.1. The summed E-state index contributed by atoms with van der Waals surface area (Å²) >= 11 is 1.83. The van der Waals surface area contributed by atoms with Gasteiger partial charge in [0.25, 0.3) is 0 Å². The molecule has 0 radical (unpaired) electrons. The van der Waals surface area contributed by atoms with E-state index in [1.165, 1.54) is 16.0 Å². The second-order valence-corrected chi connectivity index (χ2v) is 8.55. The Morgan fingerprint density at radius 3 is 3.00 bits per heavy atom. The van der Waals surface area contributed by atoms with E-state index in [1.807, 2.05) is 29.5 Å². The van der Waals surface area contributed by atoms with Crippen molar-refractivity contribution in [3.8, 4) is 0 Å². The lowest BCUT2D eigenvalue weighted by Crippen LogP contribution is -2.49. The van der Waals surface area contributed by atoms with Gasteiger partial charge in [-0.25, -0.2) is 0 Å². The minimum absolute atomic E-state index is 0.179. The monoisotopic (exact) mass is 355 g/mol. The van der Waals surface area contributed by atoms with Crippen LogP contribution >= 0.6 is 11.3 Å². The van der Waals surface area contributed by atoms with Crippen molar-refractivity contribution in [2.24, 2.45) is 0 Å². The van der Waals surface area contributed by atoms with Gasteiger partial charge < -0.3 is 10.2 Å². The molecule has 5 heteroatoms. The summed E-state index contributed by atoms with van der Waals surface area (Å²) in [5.41, 5.74) is 3.20. The topological polar surface area (TPSA) is 35.6 Å². The summed E-state index contributed by atoms with van der Waals surface area (Å²) < 4.78 is 0. The fourth-order valence-electron chi connectivity index (χ4n) is 4.24. The number of thiophene rings is 1. The number of nitrogens with zero attached hydrogens (tertiary/aromatic N) is 2. The van der Waals surface area contributed by atoms with Gasteiger partial charge in [-0.1, -0.05) is 18.2 Å². The molecule has 0 unspecified atom stereocenters. The predicted molar refractivity (Wildman–Crippen MR) is 103 cm³/mol. The number of hydrogen-bond acceptors (Lipinski definition) is 4. The van der Waals surface area contributed by atoms with Gasteiger partial charge in [0.15, 0.2) is 0 Å². The van der Waals surface area contributed by atoms with Crippen molar-refractivity contribution in [2.75, 3.05) is 32.5 Å². The summed E-state index contributed by atoms with van der Waals surface area (Å²) in [4.78, 5) is 18.8. The van der Waals surface area contributed by atoms with Gasteiger partial charge in [0.05, 0.1) is 5.41 Å². The molecule has 1 aromatic heterocycles. The van der Waals surface area contributed by atoms with Gasteiger partial charge in [-0.2, -0.15) is 0 Å². The summed E-state index contributed by atoms with van der Waals surface area (Å²) in [7, 11) is 4.20. The number of carbonyl (C=O) groups is 1. The van der Waals surface area contributed by atoms with Crippen molar-refractivity contribution >= 4 is 22.9 Å². The van der Waals surface area contributed by atoms with E-state index in [0.717, 1.165) is 44.7 Å². The van der Waals surface area contributed by atoms with Gasteiger partial charge in [-0.05, 0) is 62.1 Å². The first kappa shape index (κ1) is 16.8. The Balaban J connectivity index is 1.52. The van der Waals surface area contributed by atoms with Gasteiger partial charge in [-0.15, -0.1) is 11.3 Å². The fourth-order valence-corrected chi connectivity index (χ4v) is 5.16. The summed E-state index contributed by atoms with van der Waals surface area (Å²) in [5, 5.41) is 5.36. The normalized spacial score (nSPS) is 23.2. The zero-order valence-corrected chi connectivity index (χ0v) is 15.7. The standard InChI is InChI=1S/C20H25N3OS/c1-22(2)11-15-10-16(25-13-15)12-23-9-5-8-20(14-23)17-6-3-4-7-18(17)21-19(20)24/h3-4,6-7,10,13H,5,8-9,11-12,14H2,1-2H3,(H,21,24)/t20-/m0/s1. The molecule has 2 aromatic rings. The Kier molecular flexibility index (Phi) is 4.40.